The van der Waals surface area contributed by atoms with Gasteiger partial charge in [-0.05, 0) is 48.9 Å². The van der Waals surface area contributed by atoms with Gasteiger partial charge in [0.25, 0.3) is 5.91 Å². The van der Waals surface area contributed by atoms with E-state index >= 15 is 0 Å². The van der Waals surface area contributed by atoms with E-state index < -0.39 is 21.4 Å². The molecule has 7 nitrogen and oxygen atoms in total. The van der Waals surface area contributed by atoms with Crippen LogP contribution >= 0.6 is 23.4 Å². The fourth-order valence-corrected chi connectivity index (χ4v) is 6.07. The first-order chi connectivity index (χ1) is 14.1. The van der Waals surface area contributed by atoms with Crippen LogP contribution in [0.15, 0.2) is 59.1 Å². The number of amides is 1. The summed E-state index contributed by atoms with van der Waals surface area (Å²) in [6.07, 6.45) is 1.04. The summed E-state index contributed by atoms with van der Waals surface area (Å²) in [5, 5.41) is 9.68. The Morgan fingerprint density at radius 1 is 1.23 bits per heavy atom. The third-order valence-electron chi connectivity index (χ3n) is 4.49. The van der Waals surface area contributed by atoms with Crippen molar-refractivity contribution in [2.45, 2.75) is 19.0 Å². The van der Waals surface area contributed by atoms with E-state index in [1.54, 1.807) is 43.3 Å². The van der Waals surface area contributed by atoms with Crippen LogP contribution in [0.4, 0.5) is 5.69 Å². The number of allylic oxidation sites excluding steroid dienone is 1. The predicted molar refractivity (Wildman–Crippen MR) is 119 cm³/mol. The number of hydrogen-bond donors (Lipinski definition) is 1. The quantitative estimate of drug-likeness (QED) is 0.706. The molecule has 2 aromatic rings. The molecular formula is C20H19ClN4O3S2. The van der Waals surface area contributed by atoms with Crippen LogP contribution in [0.25, 0.3) is 0 Å². The Balaban J connectivity index is 2.09. The SMILES string of the molecule is CC1=C(C(N)=O)N(S(C)(=O)=O)C(N(Cc2ccc(Cl)cc2)c2ccc(C#N)cc2)S1. The number of halogens is 1. The number of primary amides is 1. The van der Waals surface area contributed by atoms with Crippen LogP contribution < -0.4 is 10.6 Å². The molecule has 0 fully saturated rings. The van der Waals surface area contributed by atoms with Gasteiger partial charge in [-0.1, -0.05) is 35.5 Å². The molecule has 1 unspecified atom stereocenters. The number of nitrogens with two attached hydrogens (primary N) is 1. The highest BCUT2D eigenvalue weighted by Gasteiger charge is 2.42. The Kier molecular flexibility index (Phi) is 6.31. The third kappa shape index (κ3) is 4.56. The van der Waals surface area contributed by atoms with E-state index in [0.29, 0.717) is 27.7 Å². The molecule has 156 valence electrons. The smallest absolute Gasteiger partial charge is 0.266 e. The van der Waals surface area contributed by atoms with Crippen molar-refractivity contribution in [2.24, 2.45) is 5.73 Å². The van der Waals surface area contributed by atoms with Crippen molar-refractivity contribution in [3.63, 3.8) is 0 Å². The first-order valence-electron chi connectivity index (χ1n) is 8.80. The minimum absolute atomic E-state index is 0.0396. The number of anilines is 1. The number of benzene rings is 2. The van der Waals surface area contributed by atoms with E-state index in [9.17, 15) is 13.2 Å². The second kappa shape index (κ2) is 8.60. The summed E-state index contributed by atoms with van der Waals surface area (Å²) >= 11 is 7.22. The average Bonchev–Trinajstić information content (AvgIpc) is 3.05. The highest BCUT2D eigenvalue weighted by atomic mass is 35.5. The standard InChI is InChI=1S/C20H19ClN4O3S2/c1-13-18(19(23)26)25(30(2,27)28)20(29-13)24(12-15-3-7-16(21)8-4-15)17-9-5-14(11-22)6-10-17/h3-10,20H,12H2,1-2H3,(H2,23,26). The molecule has 3 rings (SSSR count). The van der Waals surface area contributed by atoms with Gasteiger partial charge in [0.05, 0.1) is 17.9 Å². The van der Waals surface area contributed by atoms with E-state index in [1.807, 2.05) is 17.0 Å². The zero-order valence-electron chi connectivity index (χ0n) is 16.2. The van der Waals surface area contributed by atoms with Crippen LogP contribution in [-0.2, 0) is 21.4 Å². The highest BCUT2D eigenvalue weighted by molar-refractivity contribution is 8.04. The third-order valence-corrected chi connectivity index (χ3v) is 7.19. The molecule has 0 radical (unpaired) electrons. The van der Waals surface area contributed by atoms with Gasteiger partial charge in [0, 0.05) is 22.2 Å². The lowest BCUT2D eigenvalue weighted by Gasteiger charge is -2.36. The van der Waals surface area contributed by atoms with Crippen molar-refractivity contribution in [3.8, 4) is 6.07 Å². The molecule has 1 aliphatic rings. The zero-order valence-corrected chi connectivity index (χ0v) is 18.6. The Hall–Kier alpha value is -2.67. The second-order valence-electron chi connectivity index (χ2n) is 6.69. The van der Waals surface area contributed by atoms with Crippen molar-refractivity contribution < 1.29 is 13.2 Å². The molecule has 0 bridgehead atoms. The lowest BCUT2D eigenvalue weighted by Crippen LogP contribution is -2.47. The van der Waals surface area contributed by atoms with Gasteiger partial charge in [0.1, 0.15) is 5.70 Å². The Morgan fingerprint density at radius 2 is 1.83 bits per heavy atom. The van der Waals surface area contributed by atoms with Gasteiger partial charge in [0.2, 0.25) is 10.0 Å². The van der Waals surface area contributed by atoms with Gasteiger partial charge in [-0.3, -0.25) is 4.79 Å². The summed E-state index contributed by atoms with van der Waals surface area (Å²) in [4.78, 5) is 14.4. The van der Waals surface area contributed by atoms with Gasteiger partial charge in [-0.2, -0.15) is 5.26 Å². The summed E-state index contributed by atoms with van der Waals surface area (Å²) in [5.41, 5.74) is 6.76. The van der Waals surface area contributed by atoms with Crippen molar-refractivity contribution in [1.29, 1.82) is 5.26 Å². The van der Waals surface area contributed by atoms with E-state index in [0.717, 1.165) is 16.1 Å². The second-order valence-corrected chi connectivity index (χ2v) is 10.3. The summed E-state index contributed by atoms with van der Waals surface area (Å²) in [5.74, 6) is -0.806. The predicted octanol–water partition coefficient (Wildman–Crippen LogP) is 3.23. The van der Waals surface area contributed by atoms with Crippen molar-refractivity contribution in [3.05, 3.63) is 75.3 Å². The number of nitriles is 1. The number of carbonyl (C=O) groups is 1. The van der Waals surface area contributed by atoms with Crippen LogP contribution in [0, 0.1) is 11.3 Å². The lowest BCUT2D eigenvalue weighted by molar-refractivity contribution is -0.115. The number of thioether (sulfide) groups is 1. The first kappa shape index (κ1) is 22.0. The normalized spacial score (nSPS) is 16.5. The van der Waals surface area contributed by atoms with Crippen molar-refractivity contribution in [2.75, 3.05) is 11.2 Å². The Bertz CT molecular complexity index is 1140. The fraction of sp³-hybridized carbons (Fsp3) is 0.200. The van der Waals surface area contributed by atoms with Crippen molar-refractivity contribution in [1.82, 2.24) is 4.31 Å². The maximum absolute atomic E-state index is 12.6. The van der Waals surface area contributed by atoms with Crippen LogP contribution in [0.5, 0.6) is 0 Å². The van der Waals surface area contributed by atoms with Gasteiger partial charge in [0.15, 0.2) is 5.50 Å². The molecule has 2 N–H and O–H groups in total. The average molecular weight is 463 g/mol. The highest BCUT2D eigenvalue weighted by Crippen LogP contribution is 2.43. The minimum atomic E-state index is -3.80. The molecule has 0 spiro atoms. The van der Waals surface area contributed by atoms with Crippen LogP contribution in [0.2, 0.25) is 5.02 Å². The van der Waals surface area contributed by atoms with Gasteiger partial charge >= 0.3 is 0 Å². The number of rotatable bonds is 6. The van der Waals surface area contributed by atoms with Gasteiger partial charge < -0.3 is 10.6 Å². The maximum Gasteiger partial charge on any atom is 0.266 e. The maximum atomic E-state index is 12.6. The van der Waals surface area contributed by atoms with E-state index in [4.69, 9.17) is 22.6 Å². The van der Waals surface area contributed by atoms with E-state index in [2.05, 4.69) is 6.07 Å². The van der Waals surface area contributed by atoms with Crippen LogP contribution in [0.1, 0.15) is 18.1 Å². The monoisotopic (exact) mass is 462 g/mol. The zero-order chi connectivity index (χ0) is 22.1. The van der Waals surface area contributed by atoms with Crippen molar-refractivity contribution >= 4 is 45.0 Å². The lowest BCUT2D eigenvalue weighted by atomic mass is 10.1. The molecule has 0 aliphatic carbocycles. The first-order valence-corrected chi connectivity index (χ1v) is 11.9. The minimum Gasteiger partial charge on any atom is -0.364 e. The number of carbonyl (C=O) groups excluding carboxylic acids is 1. The molecule has 0 saturated carbocycles. The fourth-order valence-electron chi connectivity index (χ4n) is 3.14. The van der Waals surface area contributed by atoms with Gasteiger partial charge in [-0.15, -0.1) is 0 Å². The van der Waals surface area contributed by atoms with E-state index in [1.165, 1.54) is 11.8 Å². The summed E-state index contributed by atoms with van der Waals surface area (Å²) in [7, 11) is -3.80. The largest absolute Gasteiger partial charge is 0.364 e. The van der Waals surface area contributed by atoms with Crippen LogP contribution in [0.3, 0.4) is 0 Å². The van der Waals surface area contributed by atoms with Gasteiger partial charge in [-0.25, -0.2) is 12.7 Å². The molecule has 0 saturated heterocycles. The molecule has 0 aromatic heterocycles. The molecule has 1 amide bonds. The van der Waals surface area contributed by atoms with E-state index in [-0.39, 0.29) is 5.70 Å². The summed E-state index contributed by atoms with van der Waals surface area (Å²) in [6, 6.07) is 16.1. The summed E-state index contributed by atoms with van der Waals surface area (Å²) < 4.78 is 26.3. The number of sulfonamides is 1. The summed E-state index contributed by atoms with van der Waals surface area (Å²) in [6.45, 7) is 2.01. The Morgan fingerprint density at radius 3 is 2.33 bits per heavy atom. The molecule has 30 heavy (non-hydrogen) atoms. The molecule has 10 heteroatoms. The number of nitrogens with zero attached hydrogens (tertiary/aromatic N) is 3. The number of hydrogen-bond acceptors (Lipinski definition) is 6. The van der Waals surface area contributed by atoms with Crippen LogP contribution in [-0.4, -0.2) is 30.4 Å². The molecular weight excluding hydrogens is 444 g/mol. The Labute approximate surface area is 184 Å². The topological polar surface area (TPSA) is 108 Å². The molecule has 1 aliphatic heterocycles. The molecule has 2 aromatic carbocycles. The molecule has 1 atom stereocenters. The molecule has 1 heterocycles.